The molecule has 4 rings (SSSR count). The molecule has 20 heavy (non-hydrogen) atoms. The van der Waals surface area contributed by atoms with Crippen molar-refractivity contribution < 1.29 is 0 Å². The van der Waals surface area contributed by atoms with E-state index in [4.69, 9.17) is 0 Å². The molecule has 0 atom stereocenters. The Morgan fingerprint density at radius 2 is 2.00 bits per heavy atom. The van der Waals surface area contributed by atoms with Crippen molar-refractivity contribution in [3.05, 3.63) is 23.5 Å². The van der Waals surface area contributed by atoms with Crippen LogP contribution in [0.5, 0.6) is 0 Å². The fourth-order valence-corrected chi connectivity index (χ4v) is 3.31. The molecular formula is C16H22N4. The molecule has 0 amide bonds. The fraction of sp³-hybridized carbons (Fsp3) is 0.625. The molecule has 4 heteroatoms. The van der Waals surface area contributed by atoms with E-state index in [1.165, 1.54) is 36.6 Å². The van der Waals surface area contributed by atoms with Gasteiger partial charge in [-0.2, -0.15) is 5.10 Å². The summed E-state index contributed by atoms with van der Waals surface area (Å²) in [5.74, 6) is 1.89. The molecule has 2 aliphatic carbocycles. The molecule has 106 valence electrons. The first-order valence-electron chi connectivity index (χ1n) is 7.74. The number of nitrogens with zero attached hydrogens (tertiary/aromatic N) is 3. The van der Waals surface area contributed by atoms with Crippen molar-refractivity contribution in [1.29, 1.82) is 0 Å². The van der Waals surface area contributed by atoms with Gasteiger partial charge in [-0.1, -0.05) is 0 Å². The van der Waals surface area contributed by atoms with Gasteiger partial charge >= 0.3 is 0 Å². The highest BCUT2D eigenvalue weighted by molar-refractivity contribution is 5.78. The van der Waals surface area contributed by atoms with Crippen LogP contribution in [0.4, 0.5) is 0 Å². The predicted molar refractivity (Wildman–Crippen MR) is 79.3 cm³/mol. The summed E-state index contributed by atoms with van der Waals surface area (Å²) >= 11 is 0. The van der Waals surface area contributed by atoms with Crippen LogP contribution in [0.1, 0.15) is 36.9 Å². The van der Waals surface area contributed by atoms with E-state index in [1.54, 1.807) is 0 Å². The second-order valence-electron chi connectivity index (χ2n) is 6.51. The Morgan fingerprint density at radius 3 is 2.65 bits per heavy atom. The van der Waals surface area contributed by atoms with Crippen LogP contribution in [0.3, 0.4) is 0 Å². The van der Waals surface area contributed by atoms with Gasteiger partial charge in [0.1, 0.15) is 0 Å². The van der Waals surface area contributed by atoms with Crippen molar-refractivity contribution >= 4 is 11.0 Å². The Labute approximate surface area is 119 Å². The fourth-order valence-electron chi connectivity index (χ4n) is 3.31. The number of hydrogen-bond acceptors (Lipinski definition) is 3. The molecule has 1 N–H and O–H groups in total. The molecule has 0 spiro atoms. The van der Waals surface area contributed by atoms with E-state index in [2.05, 4.69) is 28.4 Å². The van der Waals surface area contributed by atoms with Crippen LogP contribution in [-0.4, -0.2) is 20.8 Å². The van der Waals surface area contributed by atoms with Crippen LogP contribution in [0, 0.1) is 18.8 Å². The minimum Gasteiger partial charge on any atom is -0.309 e. The summed E-state index contributed by atoms with van der Waals surface area (Å²) in [5.41, 5.74) is 3.32. The number of fused-ring (bicyclic) bond motifs is 1. The zero-order chi connectivity index (χ0) is 13.7. The number of aryl methyl sites for hydroxylation is 2. The van der Waals surface area contributed by atoms with Crippen LogP contribution in [0.2, 0.25) is 0 Å². The van der Waals surface area contributed by atoms with Gasteiger partial charge in [-0.25, -0.2) is 4.98 Å². The summed E-state index contributed by atoms with van der Waals surface area (Å²) in [4.78, 5) is 4.56. The van der Waals surface area contributed by atoms with Crippen molar-refractivity contribution in [1.82, 2.24) is 20.1 Å². The Balaban J connectivity index is 1.51. The molecule has 0 aliphatic heterocycles. The smallest absolute Gasteiger partial charge is 0.157 e. The molecule has 0 saturated heterocycles. The Kier molecular flexibility index (Phi) is 2.81. The zero-order valence-corrected chi connectivity index (χ0v) is 12.3. The van der Waals surface area contributed by atoms with E-state index < -0.39 is 0 Å². The van der Waals surface area contributed by atoms with Gasteiger partial charge in [0.05, 0.1) is 5.69 Å². The minimum atomic E-state index is 0.751. The molecule has 0 radical (unpaired) electrons. The third kappa shape index (κ3) is 2.22. The molecule has 0 unspecified atom stereocenters. The van der Waals surface area contributed by atoms with Gasteiger partial charge in [-0.05, 0) is 56.1 Å². The van der Waals surface area contributed by atoms with Crippen molar-refractivity contribution in [2.75, 3.05) is 0 Å². The number of hydrogen-bond donors (Lipinski definition) is 1. The average molecular weight is 270 g/mol. The van der Waals surface area contributed by atoms with E-state index in [-0.39, 0.29) is 0 Å². The van der Waals surface area contributed by atoms with Gasteiger partial charge in [0, 0.05) is 31.2 Å². The Bertz CT molecular complexity index is 625. The third-order valence-corrected chi connectivity index (χ3v) is 4.72. The second-order valence-corrected chi connectivity index (χ2v) is 6.51. The lowest BCUT2D eigenvalue weighted by molar-refractivity contribution is 0.415. The van der Waals surface area contributed by atoms with Gasteiger partial charge in [0.15, 0.2) is 5.65 Å². The maximum Gasteiger partial charge on any atom is 0.157 e. The summed E-state index contributed by atoms with van der Waals surface area (Å²) in [6, 6.07) is 3.00. The molecule has 2 aromatic heterocycles. The summed E-state index contributed by atoms with van der Waals surface area (Å²) in [5, 5.41) is 9.40. The molecule has 2 heterocycles. The van der Waals surface area contributed by atoms with Gasteiger partial charge in [0.2, 0.25) is 0 Å². The lowest BCUT2D eigenvalue weighted by Gasteiger charge is -2.17. The molecule has 2 saturated carbocycles. The number of rotatable bonds is 5. The lowest BCUT2D eigenvalue weighted by Crippen LogP contribution is -2.32. The van der Waals surface area contributed by atoms with Crippen LogP contribution in [0.25, 0.3) is 11.0 Å². The topological polar surface area (TPSA) is 42.7 Å². The normalized spacial score (nSPS) is 19.1. The highest BCUT2D eigenvalue weighted by Gasteiger charge is 2.40. The predicted octanol–water partition coefficient (Wildman–Crippen LogP) is 2.55. The van der Waals surface area contributed by atoms with Crippen LogP contribution < -0.4 is 5.32 Å². The Hall–Kier alpha value is -1.42. The van der Waals surface area contributed by atoms with Crippen LogP contribution in [0.15, 0.2) is 12.3 Å². The summed E-state index contributed by atoms with van der Waals surface area (Å²) < 4.78 is 1.86. The number of pyridine rings is 1. The van der Waals surface area contributed by atoms with Gasteiger partial charge in [0.25, 0.3) is 0 Å². The maximum atomic E-state index is 4.56. The molecule has 0 aromatic carbocycles. The lowest BCUT2D eigenvalue weighted by atomic mass is 10.1. The molecule has 0 bridgehead atoms. The standard InChI is InChI=1S/C16H22N4/c1-10-14-7-11(9-18-16(14)20(2)19-10)8-17-15(12-3-4-12)13-5-6-13/h7,9,12-13,15,17H,3-6,8H2,1-2H3. The first kappa shape index (κ1) is 12.3. The van der Waals surface area contributed by atoms with Crippen molar-refractivity contribution in [2.24, 2.45) is 18.9 Å². The quantitative estimate of drug-likeness (QED) is 0.908. The van der Waals surface area contributed by atoms with E-state index in [1.807, 2.05) is 17.9 Å². The van der Waals surface area contributed by atoms with Crippen LogP contribution in [-0.2, 0) is 13.6 Å². The largest absolute Gasteiger partial charge is 0.309 e. The highest BCUT2D eigenvalue weighted by atomic mass is 15.3. The second kappa shape index (κ2) is 4.55. The van der Waals surface area contributed by atoms with E-state index in [9.17, 15) is 0 Å². The monoisotopic (exact) mass is 270 g/mol. The average Bonchev–Trinajstić information content (AvgIpc) is 3.33. The van der Waals surface area contributed by atoms with Gasteiger partial charge in [-0.3, -0.25) is 4.68 Å². The first-order valence-corrected chi connectivity index (χ1v) is 7.74. The van der Waals surface area contributed by atoms with Gasteiger partial charge < -0.3 is 5.32 Å². The number of aromatic nitrogens is 3. The van der Waals surface area contributed by atoms with Crippen LogP contribution >= 0.6 is 0 Å². The van der Waals surface area contributed by atoms with E-state index in [0.29, 0.717) is 0 Å². The van der Waals surface area contributed by atoms with Crippen molar-refractivity contribution in [3.63, 3.8) is 0 Å². The Morgan fingerprint density at radius 1 is 1.30 bits per heavy atom. The summed E-state index contributed by atoms with van der Waals surface area (Å²) in [7, 11) is 1.95. The van der Waals surface area contributed by atoms with Crippen molar-refractivity contribution in [2.45, 2.75) is 45.2 Å². The summed E-state index contributed by atoms with van der Waals surface area (Å²) in [6.45, 7) is 2.99. The minimum absolute atomic E-state index is 0.751. The third-order valence-electron chi connectivity index (χ3n) is 4.72. The van der Waals surface area contributed by atoms with Gasteiger partial charge in [-0.15, -0.1) is 0 Å². The zero-order valence-electron chi connectivity index (χ0n) is 12.3. The molecule has 2 fully saturated rings. The first-order chi connectivity index (χ1) is 9.72. The van der Waals surface area contributed by atoms with E-state index in [0.717, 1.165) is 35.8 Å². The van der Waals surface area contributed by atoms with E-state index >= 15 is 0 Å². The summed E-state index contributed by atoms with van der Waals surface area (Å²) in [6.07, 6.45) is 7.69. The van der Waals surface area contributed by atoms with Crippen molar-refractivity contribution in [3.8, 4) is 0 Å². The highest BCUT2D eigenvalue weighted by Crippen LogP contribution is 2.44. The molecule has 4 nitrogen and oxygen atoms in total. The molecule has 2 aromatic rings. The molecular weight excluding hydrogens is 248 g/mol. The molecule has 2 aliphatic rings. The maximum absolute atomic E-state index is 4.56. The SMILES string of the molecule is Cc1nn(C)c2ncc(CNC(C3CC3)C3CC3)cc12. The number of nitrogens with one attached hydrogen (secondary N) is 1.